The molecule has 0 N–H and O–H groups in total. The summed E-state index contributed by atoms with van der Waals surface area (Å²) in [6.07, 6.45) is 0. The molecule has 2 aromatic heterocycles. The second-order valence-electron chi connectivity index (χ2n) is 11.3. The molecular weight excluding hydrogens is 576 g/mol. The molecule has 0 fully saturated rings. The smallest absolute Gasteiger partial charge is 0.227 e. The molecule has 0 aliphatic carbocycles. The van der Waals surface area contributed by atoms with Crippen LogP contribution in [0, 0.1) is 0 Å². The predicted molar refractivity (Wildman–Crippen MR) is 192 cm³/mol. The van der Waals surface area contributed by atoms with Crippen LogP contribution in [0.5, 0.6) is 0 Å². The lowest BCUT2D eigenvalue weighted by atomic mass is 9.95. The molecule has 7 aromatic carbocycles. The fourth-order valence-corrected chi connectivity index (χ4v) is 6.19. The van der Waals surface area contributed by atoms with E-state index in [1.807, 2.05) is 103 Å². The lowest BCUT2D eigenvalue weighted by Gasteiger charge is -2.25. The minimum Gasteiger partial charge on any atom is -0.456 e. The summed E-state index contributed by atoms with van der Waals surface area (Å²) in [7, 11) is 0. The SMILES string of the molecule is [2H]c1c([2H])c([2H])c(N(c2ccccc2)c2ccc(-c3ccc(-c4cc(-c5nc6ccccc6o5)cc5oc6ccccc6c45)cc3)cc2)c([2H])c1[2H]. The number of para-hydroxylation sites is 5. The predicted octanol–water partition coefficient (Wildman–Crippen LogP) is 12.2. The number of rotatable bonds is 6. The van der Waals surface area contributed by atoms with Crippen LogP contribution in [0.3, 0.4) is 0 Å². The Hall–Kier alpha value is -6.39. The van der Waals surface area contributed by atoms with Crippen LogP contribution in [-0.2, 0) is 0 Å². The van der Waals surface area contributed by atoms with Crippen molar-refractivity contribution in [1.82, 2.24) is 4.98 Å². The molecule has 0 saturated carbocycles. The van der Waals surface area contributed by atoms with Crippen LogP contribution in [0.1, 0.15) is 6.85 Å². The Morgan fingerprint density at radius 3 is 1.89 bits per heavy atom. The molecule has 0 aliphatic heterocycles. The number of anilines is 3. The molecule has 9 aromatic rings. The third-order valence-corrected chi connectivity index (χ3v) is 8.40. The van der Waals surface area contributed by atoms with Gasteiger partial charge in [0.15, 0.2) is 5.58 Å². The molecule has 0 aliphatic rings. The molecule has 0 saturated heterocycles. The first-order valence-corrected chi connectivity index (χ1v) is 15.3. The molecule has 0 atom stereocenters. The van der Waals surface area contributed by atoms with Crippen molar-refractivity contribution in [3.8, 4) is 33.7 Å². The lowest BCUT2D eigenvalue weighted by Crippen LogP contribution is -2.09. The van der Waals surface area contributed by atoms with E-state index in [9.17, 15) is 0 Å². The van der Waals surface area contributed by atoms with Gasteiger partial charge in [-0.2, -0.15) is 0 Å². The number of furan rings is 1. The lowest BCUT2D eigenvalue weighted by molar-refractivity contribution is 0.619. The van der Waals surface area contributed by atoms with Gasteiger partial charge in [-0.25, -0.2) is 4.98 Å². The van der Waals surface area contributed by atoms with Crippen LogP contribution < -0.4 is 4.90 Å². The van der Waals surface area contributed by atoms with Gasteiger partial charge in [0.05, 0.1) is 6.85 Å². The van der Waals surface area contributed by atoms with Crippen molar-refractivity contribution in [2.75, 3.05) is 4.90 Å². The largest absolute Gasteiger partial charge is 0.456 e. The summed E-state index contributed by atoms with van der Waals surface area (Å²) in [5.74, 6) is 0.523. The van der Waals surface area contributed by atoms with E-state index in [1.165, 1.54) is 0 Å². The molecule has 47 heavy (non-hydrogen) atoms. The quantitative estimate of drug-likeness (QED) is 0.188. The monoisotopic (exact) mass is 609 g/mol. The second-order valence-corrected chi connectivity index (χ2v) is 11.3. The standard InChI is InChI=1S/C43H28N2O2/c1-3-11-33(12-4-1)45(34-13-5-2-6-14-34)35-25-23-30(24-26-35)29-19-21-31(22-20-29)37-27-32(43-44-38-16-8-10-18-40(38)47-43)28-41-42(37)36-15-7-9-17-39(36)46-41/h1-28H/i1D,3D,4D,11D,12D. The zero-order chi connectivity index (χ0) is 35.5. The summed E-state index contributed by atoms with van der Waals surface area (Å²) in [5.41, 5.74) is 9.27. The molecule has 4 nitrogen and oxygen atoms in total. The minimum absolute atomic E-state index is 0.0902. The van der Waals surface area contributed by atoms with Crippen molar-refractivity contribution in [3.63, 3.8) is 0 Å². The maximum atomic E-state index is 8.68. The van der Waals surface area contributed by atoms with E-state index in [4.69, 9.17) is 20.7 Å². The van der Waals surface area contributed by atoms with Gasteiger partial charge in [-0.1, -0.05) is 103 Å². The first-order chi connectivity index (χ1) is 25.4. The van der Waals surface area contributed by atoms with Crippen molar-refractivity contribution in [2.24, 2.45) is 0 Å². The molecule has 0 radical (unpaired) electrons. The number of hydrogen-bond donors (Lipinski definition) is 0. The molecule has 0 unspecified atom stereocenters. The van der Waals surface area contributed by atoms with Crippen LogP contribution in [0.4, 0.5) is 17.1 Å². The Labute approximate surface area is 278 Å². The van der Waals surface area contributed by atoms with Gasteiger partial charge < -0.3 is 13.7 Å². The van der Waals surface area contributed by atoms with Gasteiger partial charge in [-0.3, -0.25) is 0 Å². The van der Waals surface area contributed by atoms with Crippen molar-refractivity contribution in [1.29, 1.82) is 0 Å². The van der Waals surface area contributed by atoms with Crippen LogP contribution in [0.2, 0.25) is 0 Å². The summed E-state index contributed by atoms with van der Waals surface area (Å²) in [5, 5.41) is 2.04. The van der Waals surface area contributed by atoms with Crippen molar-refractivity contribution in [2.45, 2.75) is 0 Å². The summed E-state index contributed by atoms with van der Waals surface area (Å²) in [6, 6.07) is 43.5. The Bertz CT molecular complexity index is 2730. The zero-order valence-electron chi connectivity index (χ0n) is 30.0. The average molecular weight is 610 g/mol. The molecule has 0 amide bonds. The van der Waals surface area contributed by atoms with Gasteiger partial charge in [0.2, 0.25) is 5.89 Å². The van der Waals surface area contributed by atoms with E-state index in [0.29, 0.717) is 17.3 Å². The number of fused-ring (bicyclic) bond motifs is 4. The number of hydrogen-bond acceptors (Lipinski definition) is 4. The molecule has 0 spiro atoms. The molecule has 222 valence electrons. The molecular formula is C43H28N2O2. The zero-order valence-corrected chi connectivity index (χ0v) is 25.0. The molecule has 9 rings (SSSR count). The fraction of sp³-hybridized carbons (Fsp3) is 0. The van der Waals surface area contributed by atoms with Gasteiger partial charge in [-0.05, 0) is 88.9 Å². The number of benzene rings is 7. The van der Waals surface area contributed by atoms with Crippen LogP contribution in [0.25, 0.3) is 66.7 Å². The normalized spacial score (nSPS) is 12.9. The highest BCUT2D eigenvalue weighted by Gasteiger charge is 2.18. The van der Waals surface area contributed by atoms with Crippen LogP contribution in [0.15, 0.2) is 179 Å². The third-order valence-electron chi connectivity index (χ3n) is 8.40. The van der Waals surface area contributed by atoms with E-state index in [2.05, 4.69) is 36.4 Å². The molecule has 4 heteroatoms. The average Bonchev–Trinajstić information content (AvgIpc) is 3.80. The summed E-state index contributed by atoms with van der Waals surface area (Å²) >= 11 is 0. The first-order valence-electron chi connectivity index (χ1n) is 17.8. The molecule has 2 heterocycles. The van der Waals surface area contributed by atoms with Crippen molar-refractivity contribution < 1.29 is 15.7 Å². The van der Waals surface area contributed by atoms with Gasteiger partial charge in [0.25, 0.3) is 0 Å². The van der Waals surface area contributed by atoms with Gasteiger partial charge >= 0.3 is 0 Å². The second kappa shape index (κ2) is 11.2. The highest BCUT2D eigenvalue weighted by Crippen LogP contribution is 2.41. The van der Waals surface area contributed by atoms with E-state index >= 15 is 0 Å². The Kier molecular flexibility index (Phi) is 5.28. The van der Waals surface area contributed by atoms with Gasteiger partial charge in [-0.15, -0.1) is 0 Å². The Morgan fingerprint density at radius 2 is 1.13 bits per heavy atom. The highest BCUT2D eigenvalue weighted by atomic mass is 16.3. The van der Waals surface area contributed by atoms with Crippen LogP contribution in [-0.4, -0.2) is 4.98 Å². The number of nitrogens with zero attached hydrogens (tertiary/aromatic N) is 2. The minimum atomic E-state index is -0.426. The van der Waals surface area contributed by atoms with Gasteiger partial charge in [0, 0.05) is 33.4 Å². The number of oxazole rings is 1. The topological polar surface area (TPSA) is 42.4 Å². The van der Waals surface area contributed by atoms with E-state index in [0.717, 1.165) is 60.9 Å². The maximum absolute atomic E-state index is 8.68. The summed E-state index contributed by atoms with van der Waals surface area (Å²) < 4.78 is 54.5. The number of aromatic nitrogens is 1. The highest BCUT2D eigenvalue weighted by molar-refractivity contribution is 6.13. The molecule has 0 bridgehead atoms. The van der Waals surface area contributed by atoms with E-state index in [1.54, 1.807) is 4.90 Å². The van der Waals surface area contributed by atoms with Crippen LogP contribution >= 0.6 is 0 Å². The van der Waals surface area contributed by atoms with E-state index < -0.39 is 6.04 Å². The van der Waals surface area contributed by atoms with Crippen molar-refractivity contribution in [3.05, 3.63) is 170 Å². The van der Waals surface area contributed by atoms with Gasteiger partial charge in [0.1, 0.15) is 16.7 Å². The third kappa shape index (κ3) is 4.84. The maximum Gasteiger partial charge on any atom is 0.227 e. The van der Waals surface area contributed by atoms with Crippen molar-refractivity contribution >= 4 is 50.1 Å². The summed E-state index contributed by atoms with van der Waals surface area (Å²) in [6.45, 7) is 0. The van der Waals surface area contributed by atoms with E-state index in [-0.39, 0.29) is 29.9 Å². The first kappa shape index (κ1) is 22.2. The fourth-order valence-electron chi connectivity index (χ4n) is 6.19. The Balaban J connectivity index is 1.11. The summed E-state index contributed by atoms with van der Waals surface area (Å²) in [4.78, 5) is 6.46. The Morgan fingerprint density at radius 1 is 0.489 bits per heavy atom.